The van der Waals surface area contributed by atoms with Gasteiger partial charge < -0.3 is 14.8 Å². The van der Waals surface area contributed by atoms with Gasteiger partial charge in [-0.25, -0.2) is 0 Å². The van der Waals surface area contributed by atoms with Crippen LogP contribution in [0.4, 0.5) is 18.9 Å². The van der Waals surface area contributed by atoms with Gasteiger partial charge in [-0.15, -0.1) is 13.2 Å². The normalized spacial score (nSPS) is 12.9. The molecule has 18 heavy (non-hydrogen) atoms. The number of methoxy groups -OCH3 is 1. The molecule has 0 radical (unpaired) electrons. The molecule has 1 rings (SSSR count). The average molecular weight is 263 g/mol. The lowest BCUT2D eigenvalue weighted by molar-refractivity contribution is -0.274. The van der Waals surface area contributed by atoms with Crippen LogP contribution in [0.3, 0.4) is 0 Å². The van der Waals surface area contributed by atoms with Crippen LogP contribution in [0, 0.1) is 0 Å². The van der Waals surface area contributed by atoms with Crippen molar-refractivity contribution in [1.82, 2.24) is 0 Å². The molecule has 0 spiro atoms. The van der Waals surface area contributed by atoms with E-state index < -0.39 is 12.5 Å². The highest BCUT2D eigenvalue weighted by molar-refractivity contribution is 5.93. The first kappa shape index (κ1) is 14.3. The third-order valence-electron chi connectivity index (χ3n) is 2.08. The molecule has 100 valence electrons. The lowest BCUT2D eigenvalue weighted by Crippen LogP contribution is -2.26. The molecule has 0 aromatic heterocycles. The largest absolute Gasteiger partial charge is 0.573 e. The van der Waals surface area contributed by atoms with E-state index in [1.54, 1.807) is 6.92 Å². The summed E-state index contributed by atoms with van der Waals surface area (Å²) >= 11 is 0. The molecule has 4 nitrogen and oxygen atoms in total. The van der Waals surface area contributed by atoms with Gasteiger partial charge in [0.15, 0.2) is 0 Å². The maximum Gasteiger partial charge on any atom is 0.573 e. The Kier molecular flexibility index (Phi) is 4.55. The lowest BCUT2D eigenvalue weighted by Gasteiger charge is -2.12. The zero-order valence-electron chi connectivity index (χ0n) is 9.75. The van der Waals surface area contributed by atoms with Gasteiger partial charge in [-0.1, -0.05) is 0 Å². The van der Waals surface area contributed by atoms with Crippen molar-refractivity contribution in [2.24, 2.45) is 0 Å². The van der Waals surface area contributed by atoms with E-state index in [2.05, 4.69) is 10.1 Å². The maximum absolute atomic E-state index is 11.9. The van der Waals surface area contributed by atoms with Gasteiger partial charge in [-0.2, -0.15) is 0 Å². The molecule has 1 atom stereocenters. The van der Waals surface area contributed by atoms with Crippen LogP contribution in [0.25, 0.3) is 0 Å². The summed E-state index contributed by atoms with van der Waals surface area (Å²) in [6.07, 6.45) is -5.37. The van der Waals surface area contributed by atoms with Crippen molar-refractivity contribution in [2.75, 3.05) is 12.4 Å². The summed E-state index contributed by atoms with van der Waals surface area (Å²) in [7, 11) is 1.38. The fraction of sp³-hybridized carbons (Fsp3) is 0.364. The molecule has 1 aromatic rings. The lowest BCUT2D eigenvalue weighted by atomic mass is 10.3. The van der Waals surface area contributed by atoms with Crippen molar-refractivity contribution >= 4 is 11.6 Å². The minimum Gasteiger partial charge on any atom is -0.406 e. The Bertz CT molecular complexity index is 403. The summed E-state index contributed by atoms with van der Waals surface area (Å²) in [6.45, 7) is 1.55. The highest BCUT2D eigenvalue weighted by atomic mass is 19.4. The minimum absolute atomic E-state index is 0.347. The van der Waals surface area contributed by atoms with E-state index in [0.29, 0.717) is 5.69 Å². The Morgan fingerprint density at radius 3 is 2.28 bits per heavy atom. The quantitative estimate of drug-likeness (QED) is 0.908. The fourth-order valence-electron chi connectivity index (χ4n) is 1.09. The number of carbonyl (C=O) groups excluding carboxylic acids is 1. The van der Waals surface area contributed by atoms with Crippen LogP contribution in [0.1, 0.15) is 6.92 Å². The Morgan fingerprint density at radius 2 is 1.83 bits per heavy atom. The van der Waals surface area contributed by atoms with E-state index in [0.717, 1.165) is 12.1 Å². The summed E-state index contributed by atoms with van der Waals surface area (Å²) in [4.78, 5) is 11.4. The zero-order valence-corrected chi connectivity index (χ0v) is 9.75. The Balaban J connectivity index is 2.63. The Morgan fingerprint density at radius 1 is 1.28 bits per heavy atom. The number of alkyl halides is 3. The van der Waals surface area contributed by atoms with Crippen LogP contribution in [0.15, 0.2) is 24.3 Å². The molecule has 1 amide bonds. The van der Waals surface area contributed by atoms with Gasteiger partial charge in [0.05, 0.1) is 0 Å². The molecule has 0 saturated heterocycles. The molecule has 0 bridgehead atoms. The van der Waals surface area contributed by atoms with Crippen LogP contribution in [-0.4, -0.2) is 25.5 Å². The second-order valence-electron chi connectivity index (χ2n) is 3.44. The zero-order chi connectivity index (χ0) is 13.8. The Labute approximate surface area is 102 Å². The number of rotatable bonds is 4. The topological polar surface area (TPSA) is 47.6 Å². The van der Waals surface area contributed by atoms with E-state index in [-0.39, 0.29) is 11.7 Å². The average Bonchev–Trinajstić information content (AvgIpc) is 2.28. The van der Waals surface area contributed by atoms with Crippen molar-refractivity contribution in [3.63, 3.8) is 0 Å². The van der Waals surface area contributed by atoms with E-state index in [9.17, 15) is 18.0 Å². The highest BCUT2D eigenvalue weighted by Gasteiger charge is 2.30. The highest BCUT2D eigenvalue weighted by Crippen LogP contribution is 2.23. The summed E-state index contributed by atoms with van der Waals surface area (Å²) in [5.74, 6) is -0.734. The van der Waals surface area contributed by atoms with Crippen molar-refractivity contribution in [1.29, 1.82) is 0 Å². The molecule has 0 fully saturated rings. The molecule has 1 aromatic carbocycles. The first-order valence-electron chi connectivity index (χ1n) is 5.01. The van der Waals surface area contributed by atoms with Gasteiger partial charge in [-0.05, 0) is 31.2 Å². The van der Waals surface area contributed by atoms with Gasteiger partial charge in [0.1, 0.15) is 11.9 Å². The number of anilines is 1. The van der Waals surface area contributed by atoms with Crippen LogP contribution in [0.5, 0.6) is 5.75 Å². The summed E-state index contributed by atoms with van der Waals surface area (Å²) < 4.78 is 44.2. The molecule has 0 aliphatic heterocycles. The summed E-state index contributed by atoms with van der Waals surface area (Å²) in [5, 5.41) is 2.48. The molecule has 7 heteroatoms. The number of hydrogen-bond donors (Lipinski definition) is 1. The molecule has 0 aliphatic carbocycles. The van der Waals surface area contributed by atoms with Crippen molar-refractivity contribution in [3.8, 4) is 5.75 Å². The molecule has 0 saturated carbocycles. The maximum atomic E-state index is 11.9. The fourth-order valence-corrected chi connectivity index (χ4v) is 1.09. The van der Waals surface area contributed by atoms with Crippen molar-refractivity contribution < 1.29 is 27.4 Å². The van der Waals surface area contributed by atoms with Gasteiger partial charge in [0, 0.05) is 12.8 Å². The first-order valence-corrected chi connectivity index (χ1v) is 5.01. The van der Waals surface area contributed by atoms with Crippen LogP contribution in [-0.2, 0) is 9.53 Å². The van der Waals surface area contributed by atoms with Crippen LogP contribution >= 0.6 is 0 Å². The molecule has 0 heterocycles. The van der Waals surface area contributed by atoms with E-state index in [4.69, 9.17) is 4.74 Å². The summed E-state index contributed by atoms with van der Waals surface area (Å²) in [6, 6.07) is 4.84. The number of carbonyl (C=O) groups is 1. The number of hydrogen-bond acceptors (Lipinski definition) is 3. The standard InChI is InChI=1S/C11H12F3NO3/c1-7(17-2)10(16)15-8-3-5-9(6-4-8)18-11(12,13)14/h3-7H,1-2H3,(H,15,16). The molecule has 1 N–H and O–H groups in total. The molecule has 1 unspecified atom stereocenters. The first-order chi connectivity index (χ1) is 8.31. The monoisotopic (exact) mass is 263 g/mol. The molecule has 0 aliphatic rings. The Hall–Kier alpha value is -1.76. The SMILES string of the molecule is COC(C)C(=O)Nc1ccc(OC(F)(F)F)cc1. The second-order valence-corrected chi connectivity index (χ2v) is 3.44. The number of amides is 1. The number of nitrogens with one attached hydrogen (secondary N) is 1. The van der Waals surface area contributed by atoms with Gasteiger partial charge in [0.25, 0.3) is 5.91 Å². The predicted octanol–water partition coefficient (Wildman–Crippen LogP) is 2.56. The second kappa shape index (κ2) is 5.72. The number of ether oxygens (including phenoxy) is 2. The molecular formula is C11H12F3NO3. The minimum atomic E-state index is -4.73. The van der Waals surface area contributed by atoms with Gasteiger partial charge in [0.2, 0.25) is 0 Å². The van der Waals surface area contributed by atoms with E-state index >= 15 is 0 Å². The van der Waals surface area contributed by atoms with Gasteiger partial charge in [-0.3, -0.25) is 4.79 Å². The van der Waals surface area contributed by atoms with E-state index in [1.165, 1.54) is 19.2 Å². The van der Waals surface area contributed by atoms with Crippen molar-refractivity contribution in [2.45, 2.75) is 19.4 Å². The van der Waals surface area contributed by atoms with Crippen LogP contribution < -0.4 is 10.1 Å². The predicted molar refractivity (Wildman–Crippen MR) is 58.2 cm³/mol. The smallest absolute Gasteiger partial charge is 0.406 e. The van der Waals surface area contributed by atoms with Crippen LogP contribution in [0.2, 0.25) is 0 Å². The third-order valence-corrected chi connectivity index (χ3v) is 2.08. The van der Waals surface area contributed by atoms with Gasteiger partial charge >= 0.3 is 6.36 Å². The third kappa shape index (κ3) is 4.62. The van der Waals surface area contributed by atoms with E-state index in [1.807, 2.05) is 0 Å². The number of benzene rings is 1. The molecular weight excluding hydrogens is 251 g/mol. The van der Waals surface area contributed by atoms with Crippen molar-refractivity contribution in [3.05, 3.63) is 24.3 Å². The number of halogens is 3. The summed E-state index contributed by atoms with van der Waals surface area (Å²) in [5.41, 5.74) is 0.360.